The van der Waals surface area contributed by atoms with Gasteiger partial charge in [-0.2, -0.15) is 0 Å². The Morgan fingerprint density at radius 2 is 1.40 bits per heavy atom. The van der Waals surface area contributed by atoms with Gasteiger partial charge in [-0.15, -0.1) is 0 Å². The number of halogens is 5. The molecule has 0 fully saturated rings. The summed E-state index contributed by atoms with van der Waals surface area (Å²) < 4.78 is 0. The monoisotopic (exact) mass is 439 g/mol. The van der Waals surface area contributed by atoms with Crippen molar-refractivity contribution in [1.82, 2.24) is 0 Å². The smallest absolute Gasteiger partial charge is 0.235 e. The second kappa shape index (κ2) is 12.3. The molecule has 8 heteroatoms. The number of aliphatic imine (C=N–C) groups is 1. The van der Waals surface area contributed by atoms with Gasteiger partial charge in [0.05, 0.1) is 26.6 Å². The van der Waals surface area contributed by atoms with Gasteiger partial charge in [-0.1, -0.05) is 78.1 Å². The van der Waals surface area contributed by atoms with E-state index >= 15 is 0 Å². The number of hydrogen-bond donors (Lipinski definition) is 0. The van der Waals surface area contributed by atoms with Gasteiger partial charge < -0.3 is 0 Å². The zero-order valence-corrected chi connectivity index (χ0v) is 15.8. The number of hydrogen-bond acceptors (Lipinski definition) is 3. The molecule has 0 radical (unpaired) electrons. The first-order chi connectivity index (χ1) is 11.4. The Balaban J connectivity index is 0.000000443. The number of carbonyl (C=O) groups excluding carboxylic acids is 2. The van der Waals surface area contributed by atoms with Gasteiger partial charge in [0.15, 0.2) is 0 Å². The third-order valence-electron chi connectivity index (χ3n) is 2.71. The minimum absolute atomic E-state index is 0. The van der Waals surface area contributed by atoms with E-state index in [4.69, 9.17) is 58.0 Å². The van der Waals surface area contributed by atoms with Crippen LogP contribution in [0, 0.1) is 0 Å². The van der Waals surface area contributed by atoms with Crippen LogP contribution in [0.15, 0.2) is 41.4 Å². The van der Waals surface area contributed by atoms with Crippen molar-refractivity contribution in [2.24, 2.45) is 4.99 Å². The molecule has 0 heterocycles. The first-order valence-corrected chi connectivity index (χ1v) is 8.33. The lowest BCUT2D eigenvalue weighted by atomic mass is 10.2. The first-order valence-electron chi connectivity index (χ1n) is 6.44. The zero-order valence-electron chi connectivity index (χ0n) is 12.0. The summed E-state index contributed by atoms with van der Waals surface area (Å²) >= 11 is 28.2. The third kappa shape index (κ3) is 8.24. The van der Waals surface area contributed by atoms with Gasteiger partial charge in [-0.25, -0.2) is 9.79 Å². The van der Waals surface area contributed by atoms with Crippen LogP contribution < -0.4 is 0 Å². The van der Waals surface area contributed by atoms with Crippen molar-refractivity contribution in [1.29, 1.82) is 0 Å². The summed E-state index contributed by atoms with van der Waals surface area (Å²) in [6.45, 7) is 0.225. The van der Waals surface area contributed by atoms with Crippen LogP contribution in [0.1, 0.15) is 18.6 Å². The van der Waals surface area contributed by atoms with Gasteiger partial charge in [0, 0.05) is 6.42 Å². The molecule has 0 aliphatic heterocycles. The molecule has 0 saturated carbocycles. The minimum atomic E-state index is -0.445. The molecule has 0 amide bonds. The molecule has 0 aliphatic carbocycles. The molecule has 25 heavy (non-hydrogen) atoms. The van der Waals surface area contributed by atoms with Crippen molar-refractivity contribution in [3.05, 3.63) is 67.6 Å². The second-order valence-electron chi connectivity index (χ2n) is 4.37. The van der Waals surface area contributed by atoms with Crippen molar-refractivity contribution in [2.45, 2.75) is 20.4 Å². The maximum absolute atomic E-state index is 10.5. The van der Waals surface area contributed by atoms with E-state index in [0.29, 0.717) is 25.7 Å². The van der Waals surface area contributed by atoms with E-state index in [9.17, 15) is 9.59 Å². The summed E-state index contributed by atoms with van der Waals surface area (Å²) in [5.41, 5.74) is 1.39. The Hall–Kier alpha value is -1.06. The molecule has 0 N–H and O–H groups in total. The molecular formula is C17H14Cl5NO2. The number of benzene rings is 2. The van der Waals surface area contributed by atoms with Crippen molar-refractivity contribution in [3.63, 3.8) is 0 Å². The van der Waals surface area contributed by atoms with E-state index in [1.807, 2.05) is 0 Å². The number of nitrogens with zero attached hydrogens (tertiary/aromatic N) is 1. The van der Waals surface area contributed by atoms with Crippen LogP contribution in [0.5, 0.6) is 0 Å². The quantitative estimate of drug-likeness (QED) is 0.299. The predicted octanol–water partition coefficient (Wildman–Crippen LogP) is 6.77. The van der Waals surface area contributed by atoms with Crippen LogP contribution in [0.3, 0.4) is 0 Å². The lowest BCUT2D eigenvalue weighted by Gasteiger charge is -2.01. The summed E-state index contributed by atoms with van der Waals surface area (Å²) in [6, 6.07) is 10.3. The van der Waals surface area contributed by atoms with Gasteiger partial charge in [-0.05, 0) is 34.9 Å². The lowest BCUT2D eigenvalue weighted by Crippen LogP contribution is -1.94. The summed E-state index contributed by atoms with van der Waals surface area (Å²) in [6.07, 6.45) is 1.55. The van der Waals surface area contributed by atoms with Crippen molar-refractivity contribution < 1.29 is 9.59 Å². The summed E-state index contributed by atoms with van der Waals surface area (Å²) in [7, 11) is 0. The van der Waals surface area contributed by atoms with Crippen LogP contribution in [0.2, 0.25) is 20.1 Å². The number of isocyanates is 1. The largest absolute Gasteiger partial charge is 0.281 e. The van der Waals surface area contributed by atoms with Gasteiger partial charge in [0.1, 0.15) is 0 Å². The molecule has 0 spiro atoms. The molecule has 0 saturated heterocycles. The molecule has 0 unspecified atom stereocenters. The van der Waals surface area contributed by atoms with Crippen LogP contribution in [0.4, 0.5) is 0 Å². The van der Waals surface area contributed by atoms with E-state index in [1.54, 1.807) is 36.4 Å². The van der Waals surface area contributed by atoms with Gasteiger partial charge in [0.25, 0.3) is 0 Å². The molecule has 0 bridgehead atoms. The highest BCUT2D eigenvalue weighted by Gasteiger charge is 2.06. The Bertz CT molecular complexity index is 722. The van der Waals surface area contributed by atoms with E-state index in [-0.39, 0.29) is 20.4 Å². The van der Waals surface area contributed by atoms with E-state index < -0.39 is 5.24 Å². The topological polar surface area (TPSA) is 46.5 Å². The van der Waals surface area contributed by atoms with E-state index in [0.717, 1.165) is 5.56 Å². The van der Waals surface area contributed by atoms with Gasteiger partial charge in [0.2, 0.25) is 11.3 Å². The molecule has 134 valence electrons. The maximum Gasteiger partial charge on any atom is 0.235 e. The summed E-state index contributed by atoms with van der Waals surface area (Å²) in [4.78, 5) is 23.7. The lowest BCUT2D eigenvalue weighted by molar-refractivity contribution is -0.111. The van der Waals surface area contributed by atoms with E-state index in [1.165, 1.54) is 6.08 Å². The Labute approximate surface area is 171 Å². The SMILES string of the molecule is C.O=C(Cl)Cc1cccc(Cl)c1Cl.O=C=NCc1cccc(Cl)c1Cl. The Kier molecular flexibility index (Phi) is 11.8. The Morgan fingerprint density at radius 1 is 0.920 bits per heavy atom. The molecule has 2 aromatic rings. The first kappa shape index (κ1) is 23.9. The maximum atomic E-state index is 10.5. The average Bonchev–Trinajstić information content (AvgIpc) is 2.53. The van der Waals surface area contributed by atoms with Crippen molar-refractivity contribution >= 4 is 69.3 Å². The van der Waals surface area contributed by atoms with Gasteiger partial charge in [-0.3, -0.25) is 4.79 Å². The highest BCUT2D eigenvalue weighted by Crippen LogP contribution is 2.26. The molecule has 0 aromatic heterocycles. The molecular weight excluding hydrogens is 427 g/mol. The zero-order chi connectivity index (χ0) is 18.1. The molecule has 0 aliphatic rings. The van der Waals surface area contributed by atoms with Crippen LogP contribution in [-0.2, 0) is 22.6 Å². The summed E-state index contributed by atoms with van der Waals surface area (Å²) in [5.74, 6) is 0. The van der Waals surface area contributed by atoms with E-state index in [2.05, 4.69) is 4.99 Å². The number of carbonyl (C=O) groups is 1. The Morgan fingerprint density at radius 3 is 1.88 bits per heavy atom. The predicted molar refractivity (Wildman–Crippen MR) is 106 cm³/mol. The van der Waals surface area contributed by atoms with Crippen LogP contribution >= 0.6 is 58.0 Å². The van der Waals surface area contributed by atoms with Gasteiger partial charge >= 0.3 is 0 Å². The van der Waals surface area contributed by atoms with Crippen LogP contribution in [-0.4, -0.2) is 11.3 Å². The molecule has 2 aromatic carbocycles. The summed E-state index contributed by atoms with van der Waals surface area (Å²) in [5, 5.41) is 1.30. The molecule has 3 nitrogen and oxygen atoms in total. The third-order valence-corrected chi connectivity index (χ3v) is 4.56. The fourth-order valence-corrected chi connectivity index (χ4v) is 2.53. The molecule has 2 rings (SSSR count). The minimum Gasteiger partial charge on any atom is -0.281 e. The second-order valence-corrected chi connectivity index (χ2v) is 6.36. The number of rotatable bonds is 4. The fraction of sp³-hybridized carbons (Fsp3) is 0.176. The highest BCUT2D eigenvalue weighted by molar-refractivity contribution is 6.63. The van der Waals surface area contributed by atoms with Crippen LogP contribution in [0.25, 0.3) is 0 Å². The highest BCUT2D eigenvalue weighted by atomic mass is 35.5. The normalized spacial score (nSPS) is 9.16. The molecule has 0 atom stereocenters. The fourth-order valence-electron chi connectivity index (χ4n) is 1.62. The standard InChI is InChI=1S/C8H5Cl3O.C8H5Cl2NO.CH4/c9-6-3-1-2-5(8(6)11)4-7(10)12;9-7-3-1-2-6(8(7)10)4-11-5-12;/h2*1-3H,4H2;1H4. The van der Waals surface area contributed by atoms with Crippen molar-refractivity contribution in [3.8, 4) is 0 Å². The van der Waals surface area contributed by atoms with Crippen molar-refractivity contribution in [2.75, 3.05) is 0 Å². The average molecular weight is 442 g/mol.